The molecule has 2 aromatic rings. The van der Waals surface area contributed by atoms with Crippen LogP contribution in [0.5, 0.6) is 0 Å². The van der Waals surface area contributed by atoms with Gasteiger partial charge in [-0.2, -0.15) is 10.1 Å². The van der Waals surface area contributed by atoms with E-state index in [2.05, 4.69) is 15.1 Å². The van der Waals surface area contributed by atoms with Gasteiger partial charge < -0.3 is 15.4 Å². The summed E-state index contributed by atoms with van der Waals surface area (Å²) in [6.45, 7) is 2.03. The predicted octanol–water partition coefficient (Wildman–Crippen LogP) is 1.32. The Hall–Kier alpha value is -2.35. The van der Waals surface area contributed by atoms with Gasteiger partial charge in [-0.05, 0) is 6.92 Å². The average molecular weight is 325 g/mol. The number of carbonyl (C=O) groups excluding carboxylic acids is 1. The maximum Gasteiger partial charge on any atom is 0.310 e. The van der Waals surface area contributed by atoms with Gasteiger partial charge in [0.25, 0.3) is 0 Å². The number of esters is 1. The summed E-state index contributed by atoms with van der Waals surface area (Å²) in [6.07, 6.45) is 1.75. The van der Waals surface area contributed by atoms with Crippen molar-refractivity contribution in [2.75, 3.05) is 24.3 Å². The number of halogens is 1. The van der Waals surface area contributed by atoms with E-state index in [1.54, 1.807) is 42.9 Å². The van der Waals surface area contributed by atoms with E-state index in [1.165, 1.54) is 0 Å². The Morgan fingerprint density at radius 1 is 1.50 bits per heavy atom. The van der Waals surface area contributed by atoms with Crippen molar-refractivity contribution >= 4 is 35.2 Å². The van der Waals surface area contributed by atoms with E-state index in [0.717, 1.165) is 0 Å². The number of nitrogens with zero attached hydrogens (tertiary/aromatic N) is 5. The first-order valence-corrected chi connectivity index (χ1v) is 7.01. The Morgan fingerprint density at radius 3 is 2.82 bits per heavy atom. The third-order valence-electron chi connectivity index (χ3n) is 2.94. The highest BCUT2D eigenvalue weighted by Gasteiger charge is 2.21. The molecule has 2 rings (SSSR count). The van der Waals surface area contributed by atoms with Crippen LogP contribution in [0.3, 0.4) is 0 Å². The van der Waals surface area contributed by atoms with Crippen LogP contribution in [0, 0.1) is 0 Å². The number of rotatable bonds is 5. The van der Waals surface area contributed by atoms with Crippen molar-refractivity contribution in [1.82, 2.24) is 19.7 Å². The van der Waals surface area contributed by atoms with Crippen molar-refractivity contribution in [2.24, 2.45) is 7.05 Å². The Balaban J connectivity index is 2.42. The van der Waals surface area contributed by atoms with E-state index in [9.17, 15) is 4.79 Å². The van der Waals surface area contributed by atoms with Crippen LogP contribution in [0.15, 0.2) is 12.3 Å². The molecule has 0 saturated carbocycles. The zero-order valence-corrected chi connectivity index (χ0v) is 13.3. The van der Waals surface area contributed by atoms with Gasteiger partial charge in [0.15, 0.2) is 5.82 Å². The van der Waals surface area contributed by atoms with Crippen LogP contribution >= 0.6 is 11.6 Å². The number of aromatic nitrogens is 4. The van der Waals surface area contributed by atoms with Gasteiger partial charge >= 0.3 is 5.97 Å². The maximum atomic E-state index is 11.8. The minimum absolute atomic E-state index is 0.0235. The normalized spacial score (nSPS) is 10.5. The Bertz CT molecular complexity index is 687. The number of aryl methyl sites for hydroxylation is 1. The minimum atomic E-state index is -0.409. The Labute approximate surface area is 132 Å². The molecule has 2 N–H and O–H groups in total. The highest BCUT2D eigenvalue weighted by Crippen LogP contribution is 2.29. The molecule has 2 heterocycles. The van der Waals surface area contributed by atoms with Crippen molar-refractivity contribution in [1.29, 1.82) is 0 Å². The number of ether oxygens (including phenoxy) is 1. The van der Waals surface area contributed by atoms with Gasteiger partial charge in [0.05, 0.1) is 13.0 Å². The Kier molecular flexibility index (Phi) is 4.81. The number of hydrogen-bond donors (Lipinski definition) is 1. The highest BCUT2D eigenvalue weighted by molar-refractivity contribution is 6.30. The first kappa shape index (κ1) is 16.0. The molecule has 0 unspecified atom stereocenters. The molecule has 0 bridgehead atoms. The smallest absolute Gasteiger partial charge is 0.310 e. The van der Waals surface area contributed by atoms with Crippen LogP contribution in [-0.2, 0) is 23.0 Å². The maximum absolute atomic E-state index is 11.8. The Morgan fingerprint density at radius 2 is 2.23 bits per heavy atom. The zero-order valence-electron chi connectivity index (χ0n) is 12.6. The standard InChI is InChI=1S/C13H17ClN6O2/c1-4-22-10(21)7-8-11(14)16-13(15)17-12(8)20(3)9-5-6-19(2)18-9/h5-6H,4,7H2,1-3H3,(H2,15,16,17). The SMILES string of the molecule is CCOC(=O)Cc1c(Cl)nc(N)nc1N(C)c1ccn(C)n1. The molecule has 0 amide bonds. The first-order chi connectivity index (χ1) is 10.4. The molecule has 0 saturated heterocycles. The summed E-state index contributed by atoms with van der Waals surface area (Å²) in [7, 11) is 3.56. The number of carbonyl (C=O) groups is 1. The van der Waals surface area contributed by atoms with Crippen molar-refractivity contribution in [2.45, 2.75) is 13.3 Å². The van der Waals surface area contributed by atoms with Gasteiger partial charge in [-0.1, -0.05) is 11.6 Å². The third-order valence-corrected chi connectivity index (χ3v) is 3.25. The highest BCUT2D eigenvalue weighted by atomic mass is 35.5. The summed E-state index contributed by atoms with van der Waals surface area (Å²) in [5.41, 5.74) is 6.11. The zero-order chi connectivity index (χ0) is 16.3. The predicted molar refractivity (Wildman–Crippen MR) is 83.1 cm³/mol. The summed E-state index contributed by atoms with van der Waals surface area (Å²) in [4.78, 5) is 21.5. The summed E-state index contributed by atoms with van der Waals surface area (Å²) in [5.74, 6) is 0.676. The largest absolute Gasteiger partial charge is 0.466 e. The number of hydrogen-bond acceptors (Lipinski definition) is 7. The van der Waals surface area contributed by atoms with Crippen molar-refractivity contribution in [3.63, 3.8) is 0 Å². The monoisotopic (exact) mass is 324 g/mol. The molecule has 0 aromatic carbocycles. The van der Waals surface area contributed by atoms with Gasteiger partial charge in [-0.3, -0.25) is 9.48 Å². The molecule has 9 heteroatoms. The summed E-state index contributed by atoms with van der Waals surface area (Å²) in [6, 6.07) is 1.81. The van der Waals surface area contributed by atoms with Crippen LogP contribution in [-0.4, -0.2) is 39.4 Å². The molecular formula is C13H17ClN6O2. The fourth-order valence-electron chi connectivity index (χ4n) is 1.94. The number of anilines is 3. The fourth-order valence-corrected chi connectivity index (χ4v) is 2.18. The first-order valence-electron chi connectivity index (χ1n) is 6.63. The van der Waals surface area contributed by atoms with E-state index in [0.29, 0.717) is 17.2 Å². The summed E-state index contributed by atoms with van der Waals surface area (Å²) in [5, 5.41) is 4.41. The van der Waals surface area contributed by atoms with Gasteiger partial charge in [0.1, 0.15) is 11.0 Å². The molecule has 0 fully saturated rings. The van der Waals surface area contributed by atoms with Crippen molar-refractivity contribution < 1.29 is 9.53 Å². The van der Waals surface area contributed by atoms with Crippen LogP contribution in [0.2, 0.25) is 5.15 Å². The lowest BCUT2D eigenvalue weighted by molar-refractivity contribution is -0.142. The van der Waals surface area contributed by atoms with Crippen LogP contribution < -0.4 is 10.6 Å². The van der Waals surface area contributed by atoms with E-state index in [4.69, 9.17) is 22.1 Å². The molecule has 0 atom stereocenters. The molecule has 0 aliphatic rings. The van der Waals surface area contributed by atoms with Gasteiger partial charge in [-0.15, -0.1) is 0 Å². The second-order valence-electron chi connectivity index (χ2n) is 4.56. The summed E-state index contributed by atoms with van der Waals surface area (Å²) < 4.78 is 6.61. The summed E-state index contributed by atoms with van der Waals surface area (Å²) >= 11 is 6.12. The third kappa shape index (κ3) is 3.45. The molecule has 0 aliphatic carbocycles. The lowest BCUT2D eigenvalue weighted by Crippen LogP contribution is -2.19. The van der Waals surface area contributed by atoms with Crippen molar-refractivity contribution in [3.05, 3.63) is 23.0 Å². The lowest BCUT2D eigenvalue weighted by atomic mass is 10.2. The quantitative estimate of drug-likeness (QED) is 0.654. The lowest BCUT2D eigenvalue weighted by Gasteiger charge is -2.19. The van der Waals surface area contributed by atoms with E-state index < -0.39 is 5.97 Å². The van der Waals surface area contributed by atoms with E-state index >= 15 is 0 Å². The van der Waals surface area contributed by atoms with Gasteiger partial charge in [0.2, 0.25) is 5.95 Å². The number of nitrogen functional groups attached to an aromatic ring is 1. The van der Waals surface area contributed by atoms with E-state index in [-0.39, 0.29) is 24.1 Å². The molecule has 2 aromatic heterocycles. The van der Waals surface area contributed by atoms with E-state index in [1.807, 2.05) is 0 Å². The molecular weight excluding hydrogens is 308 g/mol. The molecule has 118 valence electrons. The second kappa shape index (κ2) is 6.61. The fraction of sp³-hybridized carbons (Fsp3) is 0.385. The van der Waals surface area contributed by atoms with Crippen LogP contribution in [0.1, 0.15) is 12.5 Å². The minimum Gasteiger partial charge on any atom is -0.466 e. The molecule has 8 nitrogen and oxygen atoms in total. The van der Waals surface area contributed by atoms with Gasteiger partial charge in [0, 0.05) is 31.9 Å². The van der Waals surface area contributed by atoms with Crippen molar-refractivity contribution in [3.8, 4) is 0 Å². The molecule has 0 radical (unpaired) electrons. The van der Waals surface area contributed by atoms with Crippen LogP contribution in [0.25, 0.3) is 0 Å². The van der Waals surface area contributed by atoms with Gasteiger partial charge in [-0.25, -0.2) is 4.98 Å². The molecule has 22 heavy (non-hydrogen) atoms. The molecule has 0 aliphatic heterocycles. The second-order valence-corrected chi connectivity index (χ2v) is 4.92. The molecule has 0 spiro atoms. The van der Waals surface area contributed by atoms with Crippen LogP contribution in [0.4, 0.5) is 17.6 Å². The number of nitrogens with two attached hydrogens (primary N) is 1. The topological polar surface area (TPSA) is 99.2 Å². The average Bonchev–Trinajstić information content (AvgIpc) is 2.87.